The predicted molar refractivity (Wildman–Crippen MR) is 130 cm³/mol. The molecule has 0 spiro atoms. The van der Waals surface area contributed by atoms with Gasteiger partial charge >= 0.3 is 5.97 Å². The van der Waals surface area contributed by atoms with Crippen molar-refractivity contribution in [2.24, 2.45) is 23.7 Å². The van der Waals surface area contributed by atoms with E-state index in [4.69, 9.17) is 4.74 Å². The summed E-state index contributed by atoms with van der Waals surface area (Å²) in [6.45, 7) is 7.51. The number of hydrogen-bond donors (Lipinski definition) is 2. The Balaban J connectivity index is 2.04. The first-order chi connectivity index (χ1) is 16.3. The summed E-state index contributed by atoms with van der Waals surface area (Å²) in [7, 11) is 0. The zero-order valence-electron chi connectivity index (χ0n) is 20.6. The number of allylic oxidation sites excluding steroid dienone is 1. The molecule has 7 nitrogen and oxygen atoms in total. The summed E-state index contributed by atoms with van der Waals surface area (Å²) in [6, 6.07) is 8.14. The van der Waals surface area contributed by atoms with Gasteiger partial charge in [-0.1, -0.05) is 55.8 Å². The lowest BCUT2D eigenvalue weighted by Crippen LogP contribution is -2.54. The molecule has 0 radical (unpaired) electrons. The molecule has 6 atom stereocenters. The molecule has 0 saturated carbocycles. The second-order valence-corrected chi connectivity index (χ2v) is 9.60. The fourth-order valence-corrected chi connectivity index (χ4v) is 5.51. The third kappa shape index (κ3) is 5.35. The maximum Gasteiger partial charge on any atom is 0.310 e. The van der Waals surface area contributed by atoms with Crippen LogP contribution in [0.3, 0.4) is 0 Å². The number of hydrogen-bond acceptors (Lipinski definition) is 5. The van der Waals surface area contributed by atoms with Crippen molar-refractivity contribution >= 4 is 17.8 Å². The average Bonchev–Trinajstić information content (AvgIpc) is 3.10. The molecule has 2 N–H and O–H groups in total. The van der Waals surface area contributed by atoms with Crippen molar-refractivity contribution in [1.29, 1.82) is 0 Å². The number of benzene rings is 1. The Morgan fingerprint density at radius 3 is 2.44 bits per heavy atom. The van der Waals surface area contributed by atoms with Crippen molar-refractivity contribution in [2.45, 2.75) is 65.1 Å². The summed E-state index contributed by atoms with van der Waals surface area (Å²) in [5, 5.41) is 13.3. The van der Waals surface area contributed by atoms with Gasteiger partial charge in [0.1, 0.15) is 6.04 Å². The number of aliphatic hydroxyl groups is 1. The number of likely N-dealkylation sites (tertiary alicyclic amines) is 1. The van der Waals surface area contributed by atoms with E-state index in [1.54, 1.807) is 11.8 Å². The van der Waals surface area contributed by atoms with Crippen LogP contribution in [-0.4, -0.2) is 59.1 Å². The first-order valence-electron chi connectivity index (χ1n) is 12.5. The normalized spacial score (nSPS) is 26.9. The standard InChI is InChI=1S/C27H38N2O5/c1-5-10-19-13-14-21-23(22(19)27(33)34-6-2)26(32)29(24(21)25(31)28-17(3)4)20(16-30)15-18-11-8-7-9-12-18/h7-9,11-14,17,19-24,30H,5-6,10,15-16H2,1-4H3,(H,28,31)/t19-,20-,21+,22-,23-,24+/m1/s1. The van der Waals surface area contributed by atoms with Gasteiger partial charge in [-0.25, -0.2) is 0 Å². The van der Waals surface area contributed by atoms with Gasteiger partial charge in [-0.3, -0.25) is 14.4 Å². The lowest BCUT2D eigenvalue weighted by Gasteiger charge is -2.34. The Bertz CT molecular complexity index is 884. The minimum absolute atomic E-state index is 0.105. The first kappa shape index (κ1) is 25.9. The molecule has 7 heteroatoms. The number of carbonyl (C=O) groups is 3. The van der Waals surface area contributed by atoms with Crippen molar-refractivity contribution in [3.8, 4) is 0 Å². The minimum atomic E-state index is -0.795. The molecular weight excluding hydrogens is 432 g/mol. The van der Waals surface area contributed by atoms with E-state index in [0.29, 0.717) is 6.42 Å². The molecule has 0 bridgehead atoms. The van der Waals surface area contributed by atoms with Crippen molar-refractivity contribution in [3.63, 3.8) is 0 Å². The van der Waals surface area contributed by atoms with E-state index in [1.807, 2.05) is 63.3 Å². The molecule has 34 heavy (non-hydrogen) atoms. The van der Waals surface area contributed by atoms with Gasteiger partial charge in [0.15, 0.2) is 0 Å². The van der Waals surface area contributed by atoms with Crippen molar-refractivity contribution < 1.29 is 24.2 Å². The number of esters is 1. The van der Waals surface area contributed by atoms with Crippen LogP contribution in [0.5, 0.6) is 0 Å². The molecule has 0 aromatic heterocycles. The number of rotatable bonds is 10. The van der Waals surface area contributed by atoms with Crippen LogP contribution in [0.15, 0.2) is 42.5 Å². The fourth-order valence-electron chi connectivity index (χ4n) is 5.51. The molecule has 1 aliphatic carbocycles. The summed E-state index contributed by atoms with van der Waals surface area (Å²) in [4.78, 5) is 42.0. The highest BCUT2D eigenvalue weighted by Gasteiger charge is 2.58. The molecular formula is C27H38N2O5. The van der Waals surface area contributed by atoms with Crippen molar-refractivity contribution in [3.05, 3.63) is 48.0 Å². The van der Waals surface area contributed by atoms with E-state index in [9.17, 15) is 19.5 Å². The molecule has 1 aliphatic heterocycles. The number of ether oxygens (including phenoxy) is 1. The SMILES string of the molecule is CCC[C@@H]1C=C[C@H]2[C@@H](C(=O)N([C@@H](CO)Cc3ccccc3)[C@@H]2C(=O)NC(C)C)[C@@H]1C(=O)OCC. The van der Waals surface area contributed by atoms with Gasteiger partial charge in [-0.2, -0.15) is 0 Å². The van der Waals surface area contributed by atoms with Crippen LogP contribution in [0.2, 0.25) is 0 Å². The van der Waals surface area contributed by atoms with E-state index < -0.39 is 29.8 Å². The second kappa shape index (κ2) is 11.6. The van der Waals surface area contributed by atoms with Crippen LogP contribution in [0, 0.1) is 23.7 Å². The zero-order valence-corrected chi connectivity index (χ0v) is 20.6. The lowest BCUT2D eigenvalue weighted by molar-refractivity contribution is -0.156. The molecule has 2 amide bonds. The van der Waals surface area contributed by atoms with E-state index in [-0.39, 0.29) is 43.0 Å². The summed E-state index contributed by atoms with van der Waals surface area (Å²) in [6.07, 6.45) is 5.97. The number of nitrogens with one attached hydrogen (secondary N) is 1. The molecule has 0 unspecified atom stereocenters. The fraction of sp³-hybridized carbons (Fsp3) is 0.593. The van der Waals surface area contributed by atoms with Crippen LogP contribution >= 0.6 is 0 Å². The largest absolute Gasteiger partial charge is 0.466 e. The quantitative estimate of drug-likeness (QED) is 0.405. The maximum absolute atomic E-state index is 14.0. The number of aliphatic hydroxyl groups excluding tert-OH is 1. The molecule has 3 rings (SSSR count). The average molecular weight is 471 g/mol. The Morgan fingerprint density at radius 2 is 1.85 bits per heavy atom. The molecule has 1 fully saturated rings. The van der Waals surface area contributed by atoms with Crippen molar-refractivity contribution in [2.75, 3.05) is 13.2 Å². The van der Waals surface area contributed by atoms with Crippen LogP contribution < -0.4 is 5.32 Å². The summed E-state index contributed by atoms with van der Waals surface area (Å²) in [5.41, 5.74) is 0.966. The van der Waals surface area contributed by atoms with E-state index in [1.165, 1.54) is 0 Å². The first-order valence-corrected chi connectivity index (χ1v) is 12.5. The predicted octanol–water partition coefficient (Wildman–Crippen LogP) is 2.72. The summed E-state index contributed by atoms with van der Waals surface area (Å²) >= 11 is 0. The third-order valence-corrected chi connectivity index (χ3v) is 6.85. The van der Waals surface area contributed by atoms with Crippen LogP contribution in [-0.2, 0) is 25.5 Å². The lowest BCUT2D eigenvalue weighted by atomic mass is 9.69. The molecule has 1 saturated heterocycles. The summed E-state index contributed by atoms with van der Waals surface area (Å²) in [5.74, 6) is -2.81. The third-order valence-electron chi connectivity index (χ3n) is 6.85. The van der Waals surface area contributed by atoms with Gasteiger partial charge in [-0.15, -0.1) is 0 Å². The van der Waals surface area contributed by atoms with E-state index in [0.717, 1.165) is 18.4 Å². The van der Waals surface area contributed by atoms with Gasteiger partial charge in [0, 0.05) is 12.0 Å². The van der Waals surface area contributed by atoms with Crippen LogP contribution in [0.4, 0.5) is 0 Å². The molecule has 1 heterocycles. The highest BCUT2D eigenvalue weighted by atomic mass is 16.5. The van der Waals surface area contributed by atoms with Gasteiger partial charge in [-0.05, 0) is 45.1 Å². The van der Waals surface area contributed by atoms with Gasteiger partial charge in [0.25, 0.3) is 0 Å². The Morgan fingerprint density at radius 1 is 1.15 bits per heavy atom. The van der Waals surface area contributed by atoms with Crippen LogP contribution in [0.1, 0.15) is 46.1 Å². The molecule has 2 aliphatic rings. The maximum atomic E-state index is 14.0. The highest BCUT2D eigenvalue weighted by molar-refractivity contribution is 5.96. The van der Waals surface area contributed by atoms with Crippen molar-refractivity contribution in [1.82, 2.24) is 10.2 Å². The van der Waals surface area contributed by atoms with Gasteiger partial charge in [0.05, 0.1) is 31.1 Å². The van der Waals surface area contributed by atoms with Crippen LogP contribution in [0.25, 0.3) is 0 Å². The number of fused-ring (bicyclic) bond motifs is 1. The zero-order chi connectivity index (χ0) is 24.8. The van der Waals surface area contributed by atoms with Gasteiger partial charge < -0.3 is 20.1 Å². The summed E-state index contributed by atoms with van der Waals surface area (Å²) < 4.78 is 5.40. The monoisotopic (exact) mass is 470 g/mol. The Hall–Kier alpha value is -2.67. The molecule has 186 valence electrons. The second-order valence-electron chi connectivity index (χ2n) is 9.60. The van der Waals surface area contributed by atoms with Gasteiger partial charge in [0.2, 0.25) is 11.8 Å². The smallest absolute Gasteiger partial charge is 0.310 e. The Labute approximate surface area is 202 Å². The number of amides is 2. The number of nitrogens with zero attached hydrogens (tertiary/aromatic N) is 1. The topological polar surface area (TPSA) is 95.9 Å². The Kier molecular flexibility index (Phi) is 8.89. The minimum Gasteiger partial charge on any atom is -0.466 e. The highest BCUT2D eigenvalue weighted by Crippen LogP contribution is 2.46. The van der Waals surface area contributed by atoms with E-state index >= 15 is 0 Å². The molecule has 1 aromatic rings. The molecule has 1 aromatic carbocycles. The number of carbonyl (C=O) groups excluding carboxylic acids is 3. The van der Waals surface area contributed by atoms with E-state index in [2.05, 4.69) is 5.32 Å².